The lowest BCUT2D eigenvalue weighted by Crippen LogP contribution is -2.22. The van der Waals surface area contributed by atoms with Gasteiger partial charge in [0.15, 0.2) is 9.84 Å². The predicted octanol–water partition coefficient (Wildman–Crippen LogP) is 2.18. The molecular weight excluding hydrogens is 286 g/mol. The Balaban J connectivity index is 2.43. The summed E-state index contributed by atoms with van der Waals surface area (Å²) in [6.07, 6.45) is 0. The van der Waals surface area contributed by atoms with E-state index in [1.807, 2.05) is 20.8 Å². The number of hydrogen-bond acceptors (Lipinski definition) is 4. The van der Waals surface area contributed by atoms with Gasteiger partial charge in [-0.05, 0) is 18.2 Å². The smallest absolute Gasteiger partial charge is 0.188 e. The van der Waals surface area contributed by atoms with Crippen LogP contribution in [0.4, 0.5) is 0 Å². The molecule has 6 heteroatoms. The monoisotopic (exact) mass is 307 g/mol. The van der Waals surface area contributed by atoms with Crippen molar-refractivity contribution in [2.75, 3.05) is 6.54 Å². The lowest BCUT2D eigenvalue weighted by Gasteiger charge is -2.15. The first kappa shape index (κ1) is 15.7. The number of hydrogen-bond donors (Lipinski definition) is 2. The van der Waals surface area contributed by atoms with Crippen LogP contribution in [0, 0.1) is 0 Å². The van der Waals surface area contributed by atoms with Gasteiger partial charge >= 0.3 is 0 Å². The van der Waals surface area contributed by atoms with Crippen molar-refractivity contribution in [3.8, 4) is 0 Å². The highest BCUT2D eigenvalue weighted by atomic mass is 32.2. The molecule has 1 aromatic carbocycles. The van der Waals surface area contributed by atoms with Gasteiger partial charge in [0.2, 0.25) is 0 Å². The summed E-state index contributed by atoms with van der Waals surface area (Å²) in [5.74, 6) is 0. The van der Waals surface area contributed by atoms with Gasteiger partial charge in [0, 0.05) is 12.0 Å². The Kier molecular flexibility index (Phi) is 4.20. The van der Waals surface area contributed by atoms with Crippen molar-refractivity contribution in [2.45, 2.75) is 36.3 Å². The molecule has 0 amide bonds. The van der Waals surface area contributed by atoms with Gasteiger partial charge in [-0.1, -0.05) is 39.0 Å². The molecule has 0 aliphatic rings. The number of nitrogens with one attached hydrogen (secondary N) is 1. The Labute approximate surface area is 125 Å². The summed E-state index contributed by atoms with van der Waals surface area (Å²) in [5.41, 5.74) is 6.92. The number of nitrogens with two attached hydrogens (primary N) is 1. The topological polar surface area (TPSA) is 88.8 Å². The lowest BCUT2D eigenvalue weighted by atomic mass is 9.92. The van der Waals surface area contributed by atoms with Crippen molar-refractivity contribution in [3.63, 3.8) is 0 Å². The molecule has 2 aromatic rings. The van der Waals surface area contributed by atoms with Crippen LogP contribution in [-0.2, 0) is 15.3 Å². The van der Waals surface area contributed by atoms with Crippen molar-refractivity contribution >= 4 is 9.84 Å². The van der Waals surface area contributed by atoms with Gasteiger partial charge in [-0.3, -0.25) is 5.10 Å². The molecule has 0 aliphatic carbocycles. The standard InChI is InChI=1S/C15H21N3O2S/c1-15(2,3)14-9-12(17-18-14)13(10-16)21(19,20)11-7-5-4-6-8-11/h4-9,13H,10,16H2,1-3H3,(H,17,18). The van der Waals surface area contributed by atoms with E-state index in [0.29, 0.717) is 5.69 Å². The van der Waals surface area contributed by atoms with Crippen molar-refractivity contribution in [2.24, 2.45) is 5.73 Å². The highest BCUT2D eigenvalue weighted by molar-refractivity contribution is 7.91. The summed E-state index contributed by atoms with van der Waals surface area (Å²) < 4.78 is 25.4. The fraction of sp³-hybridized carbons (Fsp3) is 0.400. The predicted molar refractivity (Wildman–Crippen MR) is 82.7 cm³/mol. The van der Waals surface area contributed by atoms with Gasteiger partial charge in [-0.25, -0.2) is 8.42 Å². The molecule has 21 heavy (non-hydrogen) atoms. The lowest BCUT2D eigenvalue weighted by molar-refractivity contribution is 0.567. The summed E-state index contributed by atoms with van der Waals surface area (Å²) in [6, 6.07) is 10.1. The molecule has 114 valence electrons. The number of aromatic amines is 1. The van der Waals surface area contributed by atoms with Crippen LogP contribution >= 0.6 is 0 Å². The van der Waals surface area contributed by atoms with E-state index in [4.69, 9.17) is 5.73 Å². The molecule has 1 aromatic heterocycles. The molecule has 1 unspecified atom stereocenters. The van der Waals surface area contributed by atoms with Gasteiger partial charge in [0.25, 0.3) is 0 Å². The average Bonchev–Trinajstić information content (AvgIpc) is 2.90. The van der Waals surface area contributed by atoms with E-state index in [-0.39, 0.29) is 16.9 Å². The Morgan fingerprint density at radius 1 is 1.24 bits per heavy atom. The second kappa shape index (κ2) is 5.61. The molecule has 0 saturated heterocycles. The molecule has 0 spiro atoms. The van der Waals surface area contributed by atoms with E-state index in [0.717, 1.165) is 5.69 Å². The Morgan fingerprint density at radius 2 is 1.86 bits per heavy atom. The van der Waals surface area contributed by atoms with Gasteiger partial charge in [-0.15, -0.1) is 0 Å². The molecule has 0 saturated carbocycles. The van der Waals surface area contributed by atoms with Crippen LogP contribution < -0.4 is 5.73 Å². The third kappa shape index (κ3) is 3.16. The fourth-order valence-electron chi connectivity index (χ4n) is 2.08. The Hall–Kier alpha value is -1.66. The van der Waals surface area contributed by atoms with E-state index in [1.165, 1.54) is 0 Å². The number of aromatic nitrogens is 2. The SMILES string of the molecule is CC(C)(C)c1cc(C(CN)S(=O)(=O)c2ccccc2)[nH]n1. The molecule has 1 atom stereocenters. The molecule has 0 fully saturated rings. The average molecular weight is 307 g/mol. The zero-order chi connectivity index (χ0) is 15.7. The normalized spacial score (nSPS) is 14.1. The van der Waals surface area contributed by atoms with E-state index < -0.39 is 15.1 Å². The van der Waals surface area contributed by atoms with Crippen molar-refractivity contribution in [1.29, 1.82) is 0 Å². The summed E-state index contributed by atoms with van der Waals surface area (Å²) >= 11 is 0. The van der Waals surface area contributed by atoms with E-state index >= 15 is 0 Å². The summed E-state index contributed by atoms with van der Waals surface area (Å²) in [4.78, 5) is 0.271. The first-order valence-electron chi connectivity index (χ1n) is 6.81. The largest absolute Gasteiger partial charge is 0.329 e. The van der Waals surface area contributed by atoms with E-state index in [9.17, 15) is 8.42 Å². The molecule has 5 nitrogen and oxygen atoms in total. The van der Waals surface area contributed by atoms with Crippen LogP contribution in [0.15, 0.2) is 41.3 Å². The number of benzene rings is 1. The molecule has 0 bridgehead atoms. The van der Waals surface area contributed by atoms with Crippen LogP contribution in [0.3, 0.4) is 0 Å². The summed E-state index contributed by atoms with van der Waals surface area (Å²) in [7, 11) is -3.53. The minimum absolute atomic E-state index is 0.00298. The van der Waals surface area contributed by atoms with Gasteiger partial charge in [-0.2, -0.15) is 5.10 Å². The minimum atomic E-state index is -3.53. The third-order valence-corrected chi connectivity index (χ3v) is 5.50. The Morgan fingerprint density at radius 3 is 2.33 bits per heavy atom. The van der Waals surface area contributed by atoms with Crippen molar-refractivity contribution in [1.82, 2.24) is 10.2 Å². The molecule has 1 heterocycles. The number of rotatable bonds is 4. The van der Waals surface area contributed by atoms with Gasteiger partial charge in [0.1, 0.15) is 5.25 Å². The van der Waals surface area contributed by atoms with Gasteiger partial charge < -0.3 is 5.73 Å². The maximum absolute atomic E-state index is 12.7. The van der Waals surface area contributed by atoms with Gasteiger partial charge in [0.05, 0.1) is 16.3 Å². The quantitative estimate of drug-likeness (QED) is 0.906. The molecule has 3 N–H and O–H groups in total. The summed E-state index contributed by atoms with van der Waals surface area (Å²) in [5, 5.41) is 6.23. The molecule has 0 radical (unpaired) electrons. The molecule has 0 aliphatic heterocycles. The second-order valence-corrected chi connectivity index (χ2v) is 8.17. The maximum atomic E-state index is 12.7. The number of sulfone groups is 1. The first-order valence-corrected chi connectivity index (χ1v) is 8.36. The highest BCUT2D eigenvalue weighted by Gasteiger charge is 2.30. The van der Waals surface area contributed by atoms with Crippen LogP contribution in [0.25, 0.3) is 0 Å². The molecular formula is C15H21N3O2S. The minimum Gasteiger partial charge on any atom is -0.329 e. The zero-order valence-corrected chi connectivity index (χ0v) is 13.3. The van der Waals surface area contributed by atoms with Crippen LogP contribution in [0.5, 0.6) is 0 Å². The fourth-order valence-corrected chi connectivity index (χ4v) is 3.65. The van der Waals surface area contributed by atoms with E-state index in [1.54, 1.807) is 36.4 Å². The third-order valence-electron chi connectivity index (χ3n) is 3.37. The van der Waals surface area contributed by atoms with Crippen molar-refractivity contribution < 1.29 is 8.42 Å². The van der Waals surface area contributed by atoms with E-state index in [2.05, 4.69) is 10.2 Å². The zero-order valence-electron chi connectivity index (χ0n) is 12.5. The Bertz CT molecular complexity index is 700. The molecule has 2 rings (SSSR count). The highest BCUT2D eigenvalue weighted by Crippen LogP contribution is 2.29. The number of nitrogens with zero attached hydrogens (tertiary/aromatic N) is 1. The number of H-pyrrole nitrogens is 1. The second-order valence-electron chi connectivity index (χ2n) is 6.04. The summed E-state index contributed by atoms with van der Waals surface area (Å²) in [6.45, 7) is 6.07. The van der Waals surface area contributed by atoms with Crippen LogP contribution in [-0.4, -0.2) is 25.2 Å². The maximum Gasteiger partial charge on any atom is 0.188 e. The van der Waals surface area contributed by atoms with Crippen LogP contribution in [0.1, 0.15) is 37.4 Å². The van der Waals surface area contributed by atoms with Crippen molar-refractivity contribution in [3.05, 3.63) is 47.8 Å². The first-order chi connectivity index (χ1) is 9.76. The van der Waals surface area contributed by atoms with Crippen LogP contribution in [0.2, 0.25) is 0 Å².